The fraction of sp³-hybridized carbons (Fsp3) is 0.385. The highest BCUT2D eigenvalue weighted by Gasteiger charge is 2.46. The zero-order chi connectivity index (χ0) is 15.8. The molecule has 0 aromatic heterocycles. The van der Waals surface area contributed by atoms with Crippen molar-refractivity contribution in [3.8, 4) is 0 Å². The van der Waals surface area contributed by atoms with E-state index < -0.39 is 29.1 Å². The summed E-state index contributed by atoms with van der Waals surface area (Å²) < 4.78 is 39.1. The lowest BCUT2D eigenvalue weighted by molar-refractivity contribution is -0.137. The number of carbonyl (C=O) groups excluding carboxylic acids is 2. The van der Waals surface area contributed by atoms with Crippen molar-refractivity contribution in [2.75, 3.05) is 10.6 Å². The molecule has 1 fully saturated rings. The molecule has 0 aliphatic heterocycles. The van der Waals surface area contributed by atoms with E-state index >= 15 is 0 Å². The Bertz CT molecular complexity index is 595. The molecule has 2 rings (SSSR count). The average molecular weight is 301 g/mol. The number of rotatable bonds is 3. The van der Waals surface area contributed by atoms with Crippen LogP contribution in [-0.2, 0) is 15.8 Å². The molecule has 0 atom stereocenters. The van der Waals surface area contributed by atoms with Crippen LogP contribution in [0, 0.1) is 0 Å². The zero-order valence-corrected chi connectivity index (χ0v) is 11.2. The molecule has 0 saturated heterocycles. The predicted octanol–water partition coefficient (Wildman–Crippen LogP) is 2.09. The van der Waals surface area contributed by atoms with Gasteiger partial charge in [0.25, 0.3) is 0 Å². The maximum absolute atomic E-state index is 13.0. The molecule has 1 aromatic rings. The average Bonchev–Trinajstić information content (AvgIpc) is 3.08. The third-order valence-electron chi connectivity index (χ3n) is 3.13. The van der Waals surface area contributed by atoms with E-state index in [9.17, 15) is 22.8 Å². The van der Waals surface area contributed by atoms with E-state index in [4.69, 9.17) is 5.73 Å². The van der Waals surface area contributed by atoms with Crippen LogP contribution in [0.25, 0.3) is 0 Å². The third-order valence-corrected chi connectivity index (χ3v) is 3.13. The maximum Gasteiger partial charge on any atom is 0.418 e. The molecule has 4 N–H and O–H groups in total. The monoisotopic (exact) mass is 301 g/mol. The van der Waals surface area contributed by atoms with Crippen LogP contribution in [0.2, 0.25) is 0 Å². The first-order valence-electron chi connectivity index (χ1n) is 6.21. The van der Waals surface area contributed by atoms with E-state index in [1.165, 1.54) is 13.0 Å². The van der Waals surface area contributed by atoms with E-state index in [1.807, 2.05) is 0 Å². The molecule has 8 heteroatoms. The second-order valence-corrected chi connectivity index (χ2v) is 5.05. The van der Waals surface area contributed by atoms with Gasteiger partial charge >= 0.3 is 6.18 Å². The smallest absolute Gasteiger partial charge is 0.326 e. The molecule has 1 aromatic carbocycles. The zero-order valence-electron chi connectivity index (χ0n) is 11.2. The Morgan fingerprint density at radius 3 is 2.33 bits per heavy atom. The van der Waals surface area contributed by atoms with Gasteiger partial charge in [-0.15, -0.1) is 0 Å². The van der Waals surface area contributed by atoms with E-state index in [-0.39, 0.29) is 11.4 Å². The molecule has 2 amide bonds. The Hall–Kier alpha value is -2.09. The summed E-state index contributed by atoms with van der Waals surface area (Å²) in [6.07, 6.45) is -3.77. The van der Waals surface area contributed by atoms with Crippen molar-refractivity contribution in [1.29, 1.82) is 0 Å². The molecule has 1 saturated carbocycles. The largest absolute Gasteiger partial charge is 0.418 e. The number of nitrogens with one attached hydrogen (secondary N) is 2. The van der Waals surface area contributed by atoms with Gasteiger partial charge in [0.05, 0.1) is 16.8 Å². The molecule has 0 unspecified atom stereocenters. The molecule has 1 aliphatic carbocycles. The first-order valence-corrected chi connectivity index (χ1v) is 6.21. The minimum atomic E-state index is -4.66. The number of amides is 2. The standard InChI is InChI=1S/C13H14F3N3O2/c1-7(20)18-8-2-3-10(9(6-8)13(14,15)16)19-11(21)12(17)4-5-12/h2-3,6H,4-5,17H2,1H3,(H,18,20)(H,19,21). The number of carbonyl (C=O) groups is 2. The van der Waals surface area contributed by atoms with Crippen molar-refractivity contribution >= 4 is 23.2 Å². The topological polar surface area (TPSA) is 84.2 Å². The summed E-state index contributed by atoms with van der Waals surface area (Å²) in [5.74, 6) is -1.13. The summed E-state index contributed by atoms with van der Waals surface area (Å²) in [5, 5.41) is 4.47. The SMILES string of the molecule is CC(=O)Nc1ccc(NC(=O)C2(N)CC2)c(C(F)(F)F)c1. The maximum atomic E-state index is 13.0. The van der Waals surface area contributed by atoms with Gasteiger partial charge in [-0.3, -0.25) is 9.59 Å². The summed E-state index contributed by atoms with van der Waals surface area (Å²) >= 11 is 0. The van der Waals surface area contributed by atoms with Crippen molar-refractivity contribution < 1.29 is 22.8 Å². The highest BCUT2D eigenvalue weighted by Crippen LogP contribution is 2.38. The number of hydrogen-bond donors (Lipinski definition) is 3. The summed E-state index contributed by atoms with van der Waals surface area (Å²) in [5.41, 5.74) is 3.16. The molecular weight excluding hydrogens is 287 g/mol. The van der Waals surface area contributed by atoms with E-state index in [0.29, 0.717) is 12.8 Å². The van der Waals surface area contributed by atoms with Crippen LogP contribution in [-0.4, -0.2) is 17.4 Å². The van der Waals surface area contributed by atoms with Gasteiger partial charge in [-0.05, 0) is 31.0 Å². The number of benzene rings is 1. The number of anilines is 2. The molecular formula is C13H14F3N3O2. The Kier molecular flexibility index (Phi) is 3.66. The highest BCUT2D eigenvalue weighted by atomic mass is 19.4. The van der Waals surface area contributed by atoms with Gasteiger partial charge in [-0.2, -0.15) is 13.2 Å². The van der Waals surface area contributed by atoms with Crippen LogP contribution in [0.5, 0.6) is 0 Å². The minimum absolute atomic E-state index is 0.00158. The van der Waals surface area contributed by atoms with Gasteiger partial charge in [-0.1, -0.05) is 0 Å². The van der Waals surface area contributed by atoms with Crippen LogP contribution < -0.4 is 16.4 Å². The van der Waals surface area contributed by atoms with Gasteiger partial charge in [0.1, 0.15) is 0 Å². The molecule has 21 heavy (non-hydrogen) atoms. The molecule has 0 heterocycles. The van der Waals surface area contributed by atoms with E-state index in [1.54, 1.807) is 0 Å². The van der Waals surface area contributed by atoms with E-state index in [2.05, 4.69) is 10.6 Å². The van der Waals surface area contributed by atoms with Crippen LogP contribution in [0.3, 0.4) is 0 Å². The van der Waals surface area contributed by atoms with Crippen LogP contribution in [0.1, 0.15) is 25.3 Å². The van der Waals surface area contributed by atoms with Crippen LogP contribution >= 0.6 is 0 Å². The highest BCUT2D eigenvalue weighted by molar-refractivity contribution is 6.01. The predicted molar refractivity (Wildman–Crippen MR) is 70.5 cm³/mol. The molecule has 0 spiro atoms. The normalized spacial score (nSPS) is 16.2. The van der Waals surface area contributed by atoms with Crippen LogP contribution in [0.15, 0.2) is 18.2 Å². The Morgan fingerprint density at radius 2 is 1.86 bits per heavy atom. The Balaban J connectivity index is 2.31. The molecule has 114 valence electrons. The fourth-order valence-corrected chi connectivity index (χ4v) is 1.78. The lowest BCUT2D eigenvalue weighted by Crippen LogP contribution is -2.38. The lowest BCUT2D eigenvalue weighted by Gasteiger charge is -2.17. The second-order valence-electron chi connectivity index (χ2n) is 5.05. The van der Waals surface area contributed by atoms with Gasteiger partial charge < -0.3 is 16.4 Å². The van der Waals surface area contributed by atoms with Crippen molar-refractivity contribution in [3.05, 3.63) is 23.8 Å². The number of alkyl halides is 3. The van der Waals surface area contributed by atoms with Crippen LogP contribution in [0.4, 0.5) is 24.5 Å². The first kappa shape index (κ1) is 15.3. The van der Waals surface area contributed by atoms with Crippen molar-refractivity contribution in [2.24, 2.45) is 5.73 Å². The molecule has 5 nitrogen and oxygen atoms in total. The molecule has 1 aliphatic rings. The number of halogens is 3. The summed E-state index contributed by atoms with van der Waals surface area (Å²) in [6.45, 7) is 1.19. The Morgan fingerprint density at radius 1 is 1.24 bits per heavy atom. The summed E-state index contributed by atoms with van der Waals surface area (Å²) in [6, 6.07) is 3.15. The van der Waals surface area contributed by atoms with Gasteiger partial charge in [-0.25, -0.2) is 0 Å². The summed E-state index contributed by atoms with van der Waals surface area (Å²) in [7, 11) is 0. The molecule has 0 radical (unpaired) electrons. The van der Waals surface area contributed by atoms with Crippen molar-refractivity contribution in [2.45, 2.75) is 31.5 Å². The van der Waals surface area contributed by atoms with Gasteiger partial charge in [0, 0.05) is 12.6 Å². The fourth-order valence-electron chi connectivity index (χ4n) is 1.78. The lowest BCUT2D eigenvalue weighted by atomic mass is 10.1. The van der Waals surface area contributed by atoms with Gasteiger partial charge in [0.15, 0.2) is 0 Å². The van der Waals surface area contributed by atoms with Crippen molar-refractivity contribution in [3.63, 3.8) is 0 Å². The van der Waals surface area contributed by atoms with Gasteiger partial charge in [0.2, 0.25) is 11.8 Å². The quantitative estimate of drug-likeness (QED) is 0.799. The minimum Gasteiger partial charge on any atom is -0.326 e. The number of hydrogen-bond acceptors (Lipinski definition) is 3. The second kappa shape index (κ2) is 5.03. The van der Waals surface area contributed by atoms with Crippen molar-refractivity contribution in [1.82, 2.24) is 0 Å². The first-order chi connectivity index (χ1) is 9.62. The Labute approximate surface area is 118 Å². The molecule has 0 bridgehead atoms. The number of nitrogens with two attached hydrogens (primary N) is 1. The van der Waals surface area contributed by atoms with E-state index in [0.717, 1.165) is 12.1 Å². The summed E-state index contributed by atoms with van der Waals surface area (Å²) in [4.78, 5) is 22.7. The third kappa shape index (κ3) is 3.52.